The van der Waals surface area contributed by atoms with E-state index in [4.69, 9.17) is 16.7 Å². The summed E-state index contributed by atoms with van der Waals surface area (Å²) < 4.78 is 25.9. The van der Waals surface area contributed by atoms with Crippen molar-refractivity contribution in [2.24, 2.45) is 0 Å². The first-order valence-electron chi connectivity index (χ1n) is 4.41. The number of hydrogen-bond acceptors (Lipinski definition) is 2. The van der Waals surface area contributed by atoms with Crippen LogP contribution in [0, 0.1) is 0 Å². The lowest BCUT2D eigenvalue weighted by molar-refractivity contribution is 0.145. The Morgan fingerprint density at radius 2 is 1.88 bits per heavy atom. The highest BCUT2D eigenvalue weighted by Crippen LogP contribution is 2.24. The molecule has 0 radical (unpaired) electrons. The van der Waals surface area contributed by atoms with E-state index in [2.05, 4.69) is 5.10 Å². The molecule has 0 atom stereocenters. The maximum atomic E-state index is 12.4. The van der Waals surface area contributed by atoms with Gasteiger partial charge in [0.1, 0.15) is 16.6 Å². The average Bonchev–Trinajstić information content (AvgIpc) is 2.62. The molecule has 6 heteroatoms. The number of nitrogens with zero attached hydrogens (tertiary/aromatic N) is 2. The summed E-state index contributed by atoms with van der Waals surface area (Å²) in [4.78, 5) is 0. The molecule has 1 aromatic heterocycles. The first kappa shape index (κ1) is 10.9. The Labute approximate surface area is 94.9 Å². The van der Waals surface area contributed by atoms with E-state index in [1.165, 1.54) is 28.9 Å². The van der Waals surface area contributed by atoms with Gasteiger partial charge in [-0.2, -0.15) is 5.10 Å². The third kappa shape index (κ3) is 1.99. The topological polar surface area (TPSA) is 38.0 Å². The van der Waals surface area contributed by atoms with Crippen LogP contribution < -0.4 is 0 Å². The van der Waals surface area contributed by atoms with Crippen LogP contribution in [0.25, 0.3) is 5.69 Å². The fourth-order valence-electron chi connectivity index (χ4n) is 1.26. The van der Waals surface area contributed by atoms with Crippen LogP contribution in [0.5, 0.6) is 5.75 Å². The van der Waals surface area contributed by atoms with Crippen molar-refractivity contribution in [2.45, 2.75) is 6.43 Å². The molecule has 0 bridgehead atoms. The highest BCUT2D eigenvalue weighted by molar-refractivity contribution is 6.29. The van der Waals surface area contributed by atoms with Crippen LogP contribution in [0.2, 0.25) is 5.15 Å². The Kier molecular flexibility index (Phi) is 2.78. The fraction of sp³-hybridized carbons (Fsp3) is 0.100. The molecule has 0 saturated carbocycles. The van der Waals surface area contributed by atoms with Crippen molar-refractivity contribution in [1.29, 1.82) is 0 Å². The second-order valence-corrected chi connectivity index (χ2v) is 3.51. The smallest absolute Gasteiger partial charge is 0.282 e. The first-order valence-corrected chi connectivity index (χ1v) is 4.79. The molecule has 1 N–H and O–H groups in total. The number of benzene rings is 1. The van der Waals surface area contributed by atoms with Crippen molar-refractivity contribution < 1.29 is 13.9 Å². The zero-order valence-corrected chi connectivity index (χ0v) is 8.70. The van der Waals surface area contributed by atoms with E-state index in [0.717, 1.165) is 6.07 Å². The third-order valence-corrected chi connectivity index (χ3v) is 2.27. The summed E-state index contributed by atoms with van der Waals surface area (Å²) in [5, 5.41) is 12.8. The summed E-state index contributed by atoms with van der Waals surface area (Å²) in [5.74, 6) is 0.0844. The quantitative estimate of drug-likeness (QED) is 0.881. The summed E-state index contributed by atoms with van der Waals surface area (Å²) in [6.07, 6.45) is -2.66. The van der Waals surface area contributed by atoms with Gasteiger partial charge >= 0.3 is 0 Å². The summed E-state index contributed by atoms with van der Waals surface area (Å²) >= 11 is 5.77. The van der Waals surface area contributed by atoms with Crippen LogP contribution in [0.1, 0.15) is 12.1 Å². The van der Waals surface area contributed by atoms with Crippen molar-refractivity contribution in [3.63, 3.8) is 0 Å². The average molecular weight is 245 g/mol. The summed E-state index contributed by atoms with van der Waals surface area (Å²) in [6, 6.07) is 7.02. The lowest BCUT2D eigenvalue weighted by atomic mass is 10.3. The highest BCUT2D eigenvalue weighted by atomic mass is 35.5. The Morgan fingerprint density at radius 3 is 2.38 bits per heavy atom. The van der Waals surface area contributed by atoms with Crippen molar-refractivity contribution in [2.75, 3.05) is 0 Å². The number of alkyl halides is 2. The summed E-state index contributed by atoms with van der Waals surface area (Å²) in [5.41, 5.74) is 0.132. The lowest BCUT2D eigenvalue weighted by Crippen LogP contribution is -1.97. The number of phenols is 1. The van der Waals surface area contributed by atoms with Crippen molar-refractivity contribution in [3.8, 4) is 11.4 Å². The van der Waals surface area contributed by atoms with Crippen LogP contribution in [-0.2, 0) is 0 Å². The lowest BCUT2D eigenvalue weighted by Gasteiger charge is -2.02. The largest absolute Gasteiger partial charge is 0.508 e. The van der Waals surface area contributed by atoms with Crippen molar-refractivity contribution in [3.05, 3.63) is 41.2 Å². The van der Waals surface area contributed by atoms with Crippen molar-refractivity contribution in [1.82, 2.24) is 9.78 Å². The molecule has 0 aliphatic carbocycles. The van der Waals surface area contributed by atoms with Crippen LogP contribution in [0.15, 0.2) is 30.3 Å². The molecule has 0 amide bonds. The number of hydrogen-bond donors (Lipinski definition) is 1. The Morgan fingerprint density at radius 1 is 1.25 bits per heavy atom. The molecule has 3 nitrogen and oxygen atoms in total. The van der Waals surface area contributed by atoms with E-state index < -0.39 is 6.43 Å². The number of rotatable bonds is 2. The Balaban J connectivity index is 2.44. The first-order chi connectivity index (χ1) is 7.58. The number of aromatic hydroxyl groups is 1. The number of aromatic nitrogens is 2. The van der Waals surface area contributed by atoms with E-state index in [9.17, 15) is 8.78 Å². The molecule has 0 aliphatic heterocycles. The van der Waals surface area contributed by atoms with Crippen LogP contribution in [0.4, 0.5) is 8.78 Å². The minimum absolute atomic E-state index is 0.0844. The molecule has 1 heterocycles. The van der Waals surface area contributed by atoms with Gasteiger partial charge in [0.2, 0.25) is 0 Å². The normalized spacial score (nSPS) is 11.0. The number of halogens is 3. The van der Waals surface area contributed by atoms with Crippen LogP contribution >= 0.6 is 11.6 Å². The molecular formula is C10H7ClF2N2O. The molecule has 2 rings (SSSR count). The monoisotopic (exact) mass is 244 g/mol. The van der Waals surface area contributed by atoms with E-state index >= 15 is 0 Å². The molecule has 16 heavy (non-hydrogen) atoms. The van der Waals surface area contributed by atoms with Gasteiger partial charge in [0.05, 0.1) is 5.69 Å². The van der Waals surface area contributed by atoms with E-state index in [1.54, 1.807) is 0 Å². The maximum absolute atomic E-state index is 12.4. The zero-order valence-electron chi connectivity index (χ0n) is 7.94. The molecule has 0 saturated heterocycles. The molecular weight excluding hydrogens is 238 g/mol. The summed E-state index contributed by atoms with van der Waals surface area (Å²) in [6.45, 7) is 0. The van der Waals surface area contributed by atoms with Gasteiger partial charge in [-0.3, -0.25) is 0 Å². The molecule has 2 aromatic rings. The molecule has 84 valence electrons. The van der Waals surface area contributed by atoms with E-state index in [1.807, 2.05) is 0 Å². The maximum Gasteiger partial charge on any atom is 0.282 e. The third-order valence-electron chi connectivity index (χ3n) is 2.00. The van der Waals surface area contributed by atoms with Gasteiger partial charge in [-0.05, 0) is 24.3 Å². The van der Waals surface area contributed by atoms with Gasteiger partial charge in [-0.1, -0.05) is 11.6 Å². The highest BCUT2D eigenvalue weighted by Gasteiger charge is 2.15. The molecule has 0 fully saturated rings. The fourth-order valence-corrected chi connectivity index (χ4v) is 1.50. The second kappa shape index (κ2) is 4.09. The van der Waals surface area contributed by atoms with Gasteiger partial charge in [-0.25, -0.2) is 13.5 Å². The Hall–Kier alpha value is -1.62. The van der Waals surface area contributed by atoms with Crippen molar-refractivity contribution >= 4 is 11.6 Å². The predicted molar refractivity (Wildman–Crippen MR) is 55.2 cm³/mol. The minimum Gasteiger partial charge on any atom is -0.508 e. The molecule has 0 spiro atoms. The van der Waals surface area contributed by atoms with Crippen LogP contribution in [0.3, 0.4) is 0 Å². The van der Waals surface area contributed by atoms with Gasteiger partial charge in [0.15, 0.2) is 0 Å². The predicted octanol–water partition coefficient (Wildman–Crippen LogP) is 3.17. The van der Waals surface area contributed by atoms with Gasteiger partial charge < -0.3 is 5.11 Å². The van der Waals surface area contributed by atoms with Gasteiger partial charge in [0.25, 0.3) is 6.43 Å². The molecule has 0 unspecified atom stereocenters. The van der Waals surface area contributed by atoms with Gasteiger partial charge in [0, 0.05) is 6.07 Å². The minimum atomic E-state index is -2.66. The van der Waals surface area contributed by atoms with Crippen LogP contribution in [-0.4, -0.2) is 14.9 Å². The van der Waals surface area contributed by atoms with E-state index in [0.29, 0.717) is 5.69 Å². The standard InChI is InChI=1S/C10H7ClF2N2O/c11-9-5-8(10(12)13)14-15(9)6-1-3-7(16)4-2-6/h1-5,10,16H. The molecule has 1 aromatic carbocycles. The van der Waals surface area contributed by atoms with E-state index in [-0.39, 0.29) is 16.6 Å². The second-order valence-electron chi connectivity index (χ2n) is 3.12. The Bertz CT molecular complexity index is 496. The molecule has 0 aliphatic rings. The SMILES string of the molecule is Oc1ccc(-n2nc(C(F)F)cc2Cl)cc1. The zero-order chi connectivity index (χ0) is 11.7. The number of phenolic OH excluding ortho intramolecular Hbond substituents is 1. The van der Waals surface area contributed by atoms with Gasteiger partial charge in [-0.15, -0.1) is 0 Å². The summed E-state index contributed by atoms with van der Waals surface area (Å²) in [7, 11) is 0.